The average molecular weight is 448 g/mol. The molecule has 184 valence electrons. The Morgan fingerprint density at radius 3 is 2.41 bits per heavy atom. The smallest absolute Gasteiger partial charge is 0.303 e. The van der Waals surface area contributed by atoms with Gasteiger partial charge in [-0.3, -0.25) is 4.79 Å². The molecule has 2 N–H and O–H groups in total. The number of hydrogen-bond donors (Lipinski definition) is 2. The third-order valence-corrected chi connectivity index (χ3v) is 10.8. The second-order valence-corrected chi connectivity index (χ2v) is 12.5. The zero-order valence-corrected chi connectivity index (χ0v) is 21.6. The Morgan fingerprint density at radius 1 is 1.09 bits per heavy atom. The first-order chi connectivity index (χ1) is 15.1. The standard InChI is InChI=1S/C28H49NO3/c1-7-20(18(2)3)9-8-19(4)22-11-12-23-21-10-13-25(29-32)28(6,17-15-26(30)31)24(21)14-16-27(22,23)5/h18-24,32H,7-17H2,1-6H3,(H,30,31)/b29-25+/t19-,20-,21+,22-,23+,24+,27-,28-/m1/s1. The SMILES string of the molecule is CC[C@H](CC[C@@H](C)[C@H]1CC[C@H]2[C@@H]3CC/C(=N\O)[C@](C)(CCC(=O)O)[C@H]3CC[C@]12C)C(C)C. The first-order valence-electron chi connectivity index (χ1n) is 13.5. The van der Waals surface area contributed by atoms with E-state index >= 15 is 0 Å². The highest BCUT2D eigenvalue weighted by Gasteiger charge is 2.59. The van der Waals surface area contributed by atoms with Crippen molar-refractivity contribution in [1.82, 2.24) is 0 Å². The fourth-order valence-corrected chi connectivity index (χ4v) is 8.81. The van der Waals surface area contributed by atoms with E-state index in [2.05, 4.69) is 46.7 Å². The first kappa shape index (κ1) is 25.6. The molecular formula is C28H49NO3. The monoisotopic (exact) mass is 447 g/mol. The van der Waals surface area contributed by atoms with Crippen molar-refractivity contribution in [3.63, 3.8) is 0 Å². The minimum Gasteiger partial charge on any atom is -0.481 e. The lowest BCUT2D eigenvalue weighted by molar-refractivity contribution is -0.138. The highest BCUT2D eigenvalue weighted by molar-refractivity contribution is 5.91. The third kappa shape index (κ3) is 4.62. The zero-order valence-electron chi connectivity index (χ0n) is 21.6. The molecule has 0 aromatic heterocycles. The van der Waals surface area contributed by atoms with Gasteiger partial charge in [0.15, 0.2) is 0 Å². The van der Waals surface area contributed by atoms with Crippen LogP contribution in [0.15, 0.2) is 5.16 Å². The molecule has 3 fully saturated rings. The van der Waals surface area contributed by atoms with Gasteiger partial charge >= 0.3 is 5.97 Å². The highest BCUT2D eigenvalue weighted by Crippen LogP contribution is 2.66. The summed E-state index contributed by atoms with van der Waals surface area (Å²) < 4.78 is 0. The van der Waals surface area contributed by atoms with Gasteiger partial charge < -0.3 is 10.3 Å². The van der Waals surface area contributed by atoms with Crippen LogP contribution < -0.4 is 0 Å². The second-order valence-electron chi connectivity index (χ2n) is 12.5. The summed E-state index contributed by atoms with van der Waals surface area (Å²) in [4.78, 5) is 11.4. The molecule has 0 bridgehead atoms. The van der Waals surface area contributed by atoms with Crippen molar-refractivity contribution in [3.8, 4) is 0 Å². The van der Waals surface area contributed by atoms with Crippen LogP contribution in [-0.4, -0.2) is 22.0 Å². The van der Waals surface area contributed by atoms with E-state index in [1.807, 2.05) is 0 Å². The predicted molar refractivity (Wildman–Crippen MR) is 131 cm³/mol. The Bertz CT molecular complexity index is 688. The number of hydrogen-bond acceptors (Lipinski definition) is 3. The van der Waals surface area contributed by atoms with Gasteiger partial charge in [-0.2, -0.15) is 0 Å². The summed E-state index contributed by atoms with van der Waals surface area (Å²) in [5, 5.41) is 22.8. The quantitative estimate of drug-likeness (QED) is 0.282. The number of rotatable bonds is 9. The molecule has 0 aromatic carbocycles. The zero-order chi connectivity index (χ0) is 23.7. The predicted octanol–water partition coefficient (Wildman–Crippen LogP) is 7.64. The minimum absolute atomic E-state index is 0.161. The third-order valence-electron chi connectivity index (χ3n) is 10.8. The lowest BCUT2D eigenvalue weighted by Gasteiger charge is -2.57. The van der Waals surface area contributed by atoms with E-state index in [1.165, 1.54) is 38.5 Å². The number of nitrogens with zero attached hydrogens (tertiary/aromatic N) is 1. The van der Waals surface area contributed by atoms with Crippen LogP contribution in [0, 0.1) is 52.3 Å². The number of aliphatic carboxylic acids is 1. The molecule has 4 nitrogen and oxygen atoms in total. The van der Waals surface area contributed by atoms with Crippen molar-refractivity contribution < 1.29 is 15.1 Å². The van der Waals surface area contributed by atoms with Gasteiger partial charge in [-0.1, -0.05) is 59.5 Å². The minimum atomic E-state index is -0.743. The molecule has 8 atom stereocenters. The van der Waals surface area contributed by atoms with Gasteiger partial charge in [-0.25, -0.2) is 0 Å². The van der Waals surface area contributed by atoms with E-state index in [0.29, 0.717) is 23.7 Å². The summed E-state index contributed by atoms with van der Waals surface area (Å²) in [6.45, 7) is 14.4. The van der Waals surface area contributed by atoms with Gasteiger partial charge in [0.05, 0.1) is 5.71 Å². The van der Waals surface area contributed by atoms with Crippen molar-refractivity contribution in [3.05, 3.63) is 0 Å². The van der Waals surface area contributed by atoms with Gasteiger partial charge in [-0.05, 0) is 98.2 Å². The number of carbonyl (C=O) groups is 1. The maximum Gasteiger partial charge on any atom is 0.303 e. The van der Waals surface area contributed by atoms with E-state index < -0.39 is 5.97 Å². The molecule has 0 aromatic rings. The topological polar surface area (TPSA) is 69.9 Å². The lowest BCUT2D eigenvalue weighted by Crippen LogP contribution is -2.52. The van der Waals surface area contributed by atoms with E-state index in [-0.39, 0.29) is 11.8 Å². The van der Waals surface area contributed by atoms with Crippen LogP contribution in [0.3, 0.4) is 0 Å². The summed E-state index contributed by atoms with van der Waals surface area (Å²) in [5.74, 6) is 4.33. The molecular weight excluding hydrogens is 398 g/mol. The molecule has 0 amide bonds. The van der Waals surface area contributed by atoms with Gasteiger partial charge in [0, 0.05) is 11.8 Å². The number of carboxylic acid groups (broad SMARTS) is 1. The van der Waals surface area contributed by atoms with Crippen LogP contribution in [-0.2, 0) is 4.79 Å². The molecule has 0 aliphatic heterocycles. The van der Waals surface area contributed by atoms with E-state index in [9.17, 15) is 15.1 Å². The van der Waals surface area contributed by atoms with Crippen LogP contribution >= 0.6 is 0 Å². The Hall–Kier alpha value is -1.06. The molecule has 3 rings (SSSR count). The molecule has 4 heteroatoms. The molecule has 3 saturated carbocycles. The first-order valence-corrected chi connectivity index (χ1v) is 13.5. The highest BCUT2D eigenvalue weighted by atomic mass is 16.4. The lowest BCUT2D eigenvalue weighted by atomic mass is 9.47. The number of fused-ring (bicyclic) bond motifs is 3. The summed E-state index contributed by atoms with van der Waals surface area (Å²) in [7, 11) is 0. The molecule has 3 aliphatic rings. The van der Waals surface area contributed by atoms with Crippen LogP contribution in [0.2, 0.25) is 0 Å². The Morgan fingerprint density at radius 2 is 1.81 bits per heavy atom. The van der Waals surface area contributed by atoms with E-state index in [4.69, 9.17) is 0 Å². The van der Waals surface area contributed by atoms with E-state index in [1.54, 1.807) is 0 Å². The van der Waals surface area contributed by atoms with E-state index in [0.717, 1.165) is 54.6 Å². The van der Waals surface area contributed by atoms with Crippen LogP contribution in [0.1, 0.15) is 112 Å². The normalized spacial score (nSPS) is 40.2. The van der Waals surface area contributed by atoms with Gasteiger partial charge in [0.1, 0.15) is 0 Å². The summed E-state index contributed by atoms with van der Waals surface area (Å²) in [5.41, 5.74) is 1.000. The fourth-order valence-electron chi connectivity index (χ4n) is 8.81. The molecule has 0 saturated heterocycles. The molecule has 32 heavy (non-hydrogen) atoms. The second kappa shape index (κ2) is 10.1. The van der Waals surface area contributed by atoms with Crippen LogP contribution in [0.4, 0.5) is 0 Å². The van der Waals surface area contributed by atoms with Crippen LogP contribution in [0.25, 0.3) is 0 Å². The Labute approximate surface area is 196 Å². The Kier molecular flexibility index (Phi) is 8.03. The number of carboxylic acids is 1. The van der Waals surface area contributed by atoms with Crippen molar-refractivity contribution in [2.45, 2.75) is 112 Å². The van der Waals surface area contributed by atoms with Crippen molar-refractivity contribution in [2.24, 2.45) is 57.4 Å². The van der Waals surface area contributed by atoms with Gasteiger partial charge in [0.2, 0.25) is 0 Å². The molecule has 0 heterocycles. The number of oxime groups is 1. The fraction of sp³-hybridized carbons (Fsp3) is 0.929. The molecule has 0 unspecified atom stereocenters. The Balaban J connectivity index is 1.75. The van der Waals surface area contributed by atoms with Crippen molar-refractivity contribution in [1.29, 1.82) is 0 Å². The van der Waals surface area contributed by atoms with Gasteiger partial charge in [-0.15, -0.1) is 0 Å². The summed E-state index contributed by atoms with van der Waals surface area (Å²) in [6, 6.07) is 0. The maximum atomic E-state index is 11.4. The van der Waals surface area contributed by atoms with Crippen molar-refractivity contribution >= 4 is 11.7 Å². The molecule has 0 spiro atoms. The van der Waals surface area contributed by atoms with Gasteiger partial charge in [0.25, 0.3) is 0 Å². The van der Waals surface area contributed by atoms with Crippen LogP contribution in [0.5, 0.6) is 0 Å². The largest absolute Gasteiger partial charge is 0.481 e. The maximum absolute atomic E-state index is 11.4. The summed E-state index contributed by atoms with van der Waals surface area (Å²) >= 11 is 0. The van der Waals surface area contributed by atoms with Crippen molar-refractivity contribution in [2.75, 3.05) is 0 Å². The molecule has 3 aliphatic carbocycles. The average Bonchev–Trinajstić information content (AvgIpc) is 3.10. The summed E-state index contributed by atoms with van der Waals surface area (Å²) in [6.07, 6.45) is 11.8. The molecule has 0 radical (unpaired) electrons.